The highest BCUT2D eigenvalue weighted by atomic mass is 16.7. The monoisotopic (exact) mass is 298 g/mol. The first kappa shape index (κ1) is 16.1. The third-order valence-corrected chi connectivity index (χ3v) is 4.07. The summed E-state index contributed by atoms with van der Waals surface area (Å²) in [7, 11) is 0. The van der Waals surface area contributed by atoms with Gasteiger partial charge in [-0.15, -0.1) is 0 Å². The van der Waals surface area contributed by atoms with Crippen molar-refractivity contribution in [3.63, 3.8) is 0 Å². The number of amides is 2. The summed E-state index contributed by atoms with van der Waals surface area (Å²) in [6.45, 7) is 5.69. The van der Waals surface area contributed by atoms with Crippen LogP contribution >= 0.6 is 0 Å². The molecule has 0 aromatic heterocycles. The third kappa shape index (κ3) is 3.67. The summed E-state index contributed by atoms with van der Waals surface area (Å²) < 4.78 is 5.26. The normalized spacial score (nSPS) is 24.6. The van der Waals surface area contributed by atoms with Crippen molar-refractivity contribution in [2.45, 2.75) is 64.5 Å². The molecule has 6 heteroatoms. The Bertz CT molecular complexity index is 375. The quantitative estimate of drug-likeness (QED) is 0.510. The number of carbonyl (C=O) groups is 2. The van der Waals surface area contributed by atoms with Crippen molar-refractivity contribution >= 4 is 12.0 Å². The lowest BCUT2D eigenvalue weighted by Crippen LogP contribution is -2.45. The lowest BCUT2D eigenvalue weighted by atomic mass is 10.0. The van der Waals surface area contributed by atoms with Crippen LogP contribution in [0.2, 0.25) is 0 Å². The fraction of sp³-hybridized carbons (Fsp3) is 0.867. The van der Waals surface area contributed by atoms with Gasteiger partial charge < -0.3 is 9.64 Å². The van der Waals surface area contributed by atoms with Crippen LogP contribution in [0.3, 0.4) is 0 Å². The number of hydroxylamine groups is 2. The summed E-state index contributed by atoms with van der Waals surface area (Å²) in [5, 5.41) is 1.47. The second-order valence-electron chi connectivity index (χ2n) is 5.72. The summed E-state index contributed by atoms with van der Waals surface area (Å²) in [5.41, 5.74) is 0. The number of esters is 1. The van der Waals surface area contributed by atoms with Crippen LogP contribution < -0.4 is 0 Å². The van der Waals surface area contributed by atoms with Gasteiger partial charge in [-0.2, -0.15) is 5.06 Å². The lowest BCUT2D eigenvalue weighted by molar-refractivity contribution is -0.149. The number of unbranched alkanes of at least 4 members (excludes halogenated alkanes) is 2. The third-order valence-electron chi connectivity index (χ3n) is 4.07. The van der Waals surface area contributed by atoms with Gasteiger partial charge in [0.1, 0.15) is 6.04 Å². The van der Waals surface area contributed by atoms with E-state index in [0.717, 1.165) is 32.1 Å². The van der Waals surface area contributed by atoms with Crippen LogP contribution in [0.1, 0.15) is 52.4 Å². The molecule has 21 heavy (non-hydrogen) atoms. The van der Waals surface area contributed by atoms with Crippen molar-refractivity contribution in [2.24, 2.45) is 0 Å². The summed E-state index contributed by atoms with van der Waals surface area (Å²) in [4.78, 5) is 31.6. The van der Waals surface area contributed by atoms with Crippen molar-refractivity contribution in [3.05, 3.63) is 0 Å². The van der Waals surface area contributed by atoms with Crippen LogP contribution in [0.4, 0.5) is 4.79 Å². The maximum absolute atomic E-state index is 12.3. The van der Waals surface area contributed by atoms with Crippen LogP contribution in [-0.2, 0) is 14.4 Å². The Balaban J connectivity index is 1.89. The van der Waals surface area contributed by atoms with Gasteiger partial charge in [0.25, 0.3) is 0 Å². The minimum atomic E-state index is -0.439. The number of urea groups is 1. The largest absolute Gasteiger partial charge is 0.464 e. The number of ether oxygens (including phenoxy) is 1. The topological polar surface area (TPSA) is 59.1 Å². The van der Waals surface area contributed by atoms with E-state index in [0.29, 0.717) is 26.2 Å². The molecule has 2 atom stereocenters. The number of rotatable bonds is 8. The van der Waals surface area contributed by atoms with Crippen molar-refractivity contribution in [2.75, 3.05) is 19.8 Å². The molecule has 2 aliphatic heterocycles. The molecule has 0 saturated carbocycles. The Labute approximate surface area is 126 Å². The molecular weight excluding hydrogens is 272 g/mol. The van der Waals surface area contributed by atoms with Gasteiger partial charge >= 0.3 is 12.0 Å². The fourth-order valence-corrected chi connectivity index (χ4v) is 2.76. The first-order valence-corrected chi connectivity index (χ1v) is 8.08. The Kier molecular flexibility index (Phi) is 5.85. The zero-order valence-electron chi connectivity index (χ0n) is 13.0. The number of hydrogen-bond donors (Lipinski definition) is 0. The average molecular weight is 298 g/mol. The molecular formula is C15H26N2O4. The molecule has 0 spiro atoms. The Morgan fingerprint density at radius 2 is 1.90 bits per heavy atom. The first-order valence-electron chi connectivity index (χ1n) is 8.08. The maximum atomic E-state index is 12.3. The number of nitrogens with zero attached hydrogens (tertiary/aromatic N) is 2. The summed E-state index contributed by atoms with van der Waals surface area (Å²) >= 11 is 0. The fourth-order valence-electron chi connectivity index (χ4n) is 2.76. The zero-order chi connectivity index (χ0) is 15.2. The van der Waals surface area contributed by atoms with E-state index in [-0.39, 0.29) is 18.0 Å². The van der Waals surface area contributed by atoms with Crippen LogP contribution in [0, 0.1) is 0 Å². The van der Waals surface area contributed by atoms with E-state index < -0.39 is 6.04 Å². The molecule has 2 rings (SSSR count). The van der Waals surface area contributed by atoms with E-state index in [1.807, 2.05) is 0 Å². The van der Waals surface area contributed by atoms with Gasteiger partial charge in [0.05, 0.1) is 19.3 Å². The zero-order valence-corrected chi connectivity index (χ0v) is 13.0. The SMILES string of the molecule is CCCCOC(=O)[C@@H]1CC[C@H]2CN1C(=O)N2OCCCC. The summed E-state index contributed by atoms with van der Waals surface area (Å²) in [5.74, 6) is -0.273. The van der Waals surface area contributed by atoms with Gasteiger partial charge in [-0.25, -0.2) is 9.59 Å². The van der Waals surface area contributed by atoms with Gasteiger partial charge in [-0.3, -0.25) is 4.84 Å². The second-order valence-corrected chi connectivity index (χ2v) is 5.72. The number of piperidine rings is 1. The molecule has 2 bridgehead atoms. The minimum absolute atomic E-state index is 0.0778. The predicted octanol–water partition coefficient (Wildman–Crippen LogP) is 2.33. The smallest absolute Gasteiger partial charge is 0.345 e. The standard InChI is InChI=1S/C15H26N2O4/c1-3-5-9-20-14(18)13-8-7-12-11-16(13)15(19)17(12)21-10-6-4-2/h12-13H,3-11H2,1-2H3/t12-,13-/m0/s1. The maximum Gasteiger partial charge on any atom is 0.345 e. The van der Waals surface area contributed by atoms with Crippen LogP contribution in [0.25, 0.3) is 0 Å². The van der Waals surface area contributed by atoms with E-state index in [2.05, 4.69) is 13.8 Å². The van der Waals surface area contributed by atoms with Crippen molar-refractivity contribution in [1.82, 2.24) is 9.96 Å². The van der Waals surface area contributed by atoms with Crippen molar-refractivity contribution in [1.29, 1.82) is 0 Å². The molecule has 0 unspecified atom stereocenters. The van der Waals surface area contributed by atoms with Gasteiger partial charge in [0.2, 0.25) is 0 Å². The lowest BCUT2D eigenvalue weighted by Gasteiger charge is -2.28. The highest BCUT2D eigenvalue weighted by molar-refractivity contribution is 5.85. The molecule has 2 aliphatic rings. The highest BCUT2D eigenvalue weighted by Crippen LogP contribution is 2.30. The molecule has 2 fully saturated rings. The molecule has 2 saturated heterocycles. The Morgan fingerprint density at radius 1 is 1.19 bits per heavy atom. The van der Waals surface area contributed by atoms with E-state index in [1.54, 1.807) is 4.90 Å². The summed E-state index contributed by atoms with van der Waals surface area (Å²) in [6.07, 6.45) is 5.27. The Morgan fingerprint density at radius 3 is 2.62 bits per heavy atom. The van der Waals surface area contributed by atoms with E-state index >= 15 is 0 Å². The van der Waals surface area contributed by atoms with Gasteiger partial charge in [0, 0.05) is 6.54 Å². The molecule has 0 aromatic rings. The van der Waals surface area contributed by atoms with E-state index in [9.17, 15) is 9.59 Å². The first-order chi connectivity index (χ1) is 10.2. The molecule has 2 heterocycles. The summed E-state index contributed by atoms with van der Waals surface area (Å²) in [6, 6.07) is -0.550. The number of hydrogen-bond acceptors (Lipinski definition) is 4. The van der Waals surface area contributed by atoms with Crippen LogP contribution in [0.5, 0.6) is 0 Å². The van der Waals surface area contributed by atoms with Gasteiger partial charge in [-0.1, -0.05) is 26.7 Å². The molecule has 0 N–H and O–H groups in total. The van der Waals surface area contributed by atoms with E-state index in [4.69, 9.17) is 9.57 Å². The molecule has 6 nitrogen and oxygen atoms in total. The minimum Gasteiger partial charge on any atom is -0.464 e. The van der Waals surface area contributed by atoms with Gasteiger partial charge in [-0.05, 0) is 25.7 Å². The molecule has 120 valence electrons. The van der Waals surface area contributed by atoms with E-state index in [1.165, 1.54) is 5.06 Å². The highest BCUT2D eigenvalue weighted by Gasteiger charge is 2.48. The van der Waals surface area contributed by atoms with Crippen LogP contribution in [-0.4, -0.2) is 53.8 Å². The molecule has 0 aliphatic carbocycles. The van der Waals surface area contributed by atoms with Crippen molar-refractivity contribution < 1.29 is 19.2 Å². The second kappa shape index (κ2) is 7.64. The molecule has 0 radical (unpaired) electrons. The van der Waals surface area contributed by atoms with Crippen molar-refractivity contribution in [3.8, 4) is 0 Å². The molecule has 0 aromatic carbocycles. The number of carbonyl (C=O) groups excluding carboxylic acids is 2. The Hall–Kier alpha value is -1.30. The molecule has 2 amide bonds. The number of fused-ring (bicyclic) bond motifs is 2. The average Bonchev–Trinajstić information content (AvgIpc) is 2.72. The van der Waals surface area contributed by atoms with Crippen LogP contribution in [0.15, 0.2) is 0 Å². The van der Waals surface area contributed by atoms with Gasteiger partial charge in [0.15, 0.2) is 0 Å². The predicted molar refractivity (Wildman–Crippen MR) is 77.5 cm³/mol.